The van der Waals surface area contributed by atoms with Crippen LogP contribution in [0.5, 0.6) is 0 Å². The first-order chi connectivity index (χ1) is 10.5. The molecule has 3 aromatic rings. The molecule has 0 saturated carbocycles. The maximum Gasteiger partial charge on any atom is 0.211 e. The average molecular weight is 316 g/mol. The van der Waals surface area contributed by atoms with E-state index in [2.05, 4.69) is 38.8 Å². The molecule has 3 rings (SSSR count). The topological polar surface area (TPSA) is 63.8 Å². The number of thioether (sulfide) groups is 1. The first-order valence-electron chi connectivity index (χ1n) is 7.46. The summed E-state index contributed by atoms with van der Waals surface area (Å²) in [6, 6.07) is 8.20. The Morgan fingerprint density at radius 3 is 2.73 bits per heavy atom. The molecule has 0 radical (unpaired) electrons. The van der Waals surface area contributed by atoms with Crippen molar-refractivity contribution in [2.45, 2.75) is 44.5 Å². The van der Waals surface area contributed by atoms with Gasteiger partial charge >= 0.3 is 0 Å². The fourth-order valence-corrected chi connectivity index (χ4v) is 3.17. The quantitative estimate of drug-likeness (QED) is 0.732. The third-order valence-corrected chi connectivity index (χ3v) is 4.64. The van der Waals surface area contributed by atoms with Crippen LogP contribution < -0.4 is 0 Å². The first-order valence-corrected chi connectivity index (χ1v) is 8.45. The van der Waals surface area contributed by atoms with Gasteiger partial charge in [0.25, 0.3) is 0 Å². The van der Waals surface area contributed by atoms with Crippen LogP contribution in [0.15, 0.2) is 29.4 Å². The summed E-state index contributed by atoms with van der Waals surface area (Å²) < 4.78 is 2.20. The molecule has 0 aliphatic rings. The minimum Gasteiger partial charge on any atom is -0.390 e. The zero-order chi connectivity index (χ0) is 15.7. The molecule has 6 heteroatoms. The van der Waals surface area contributed by atoms with Crippen molar-refractivity contribution >= 4 is 33.8 Å². The van der Waals surface area contributed by atoms with Gasteiger partial charge in [0.05, 0.1) is 11.1 Å². The van der Waals surface area contributed by atoms with Crippen LogP contribution in [-0.2, 0) is 6.54 Å². The molecule has 0 amide bonds. The second-order valence-corrected chi connectivity index (χ2v) is 6.98. The van der Waals surface area contributed by atoms with E-state index in [0.29, 0.717) is 10.9 Å². The average Bonchev–Trinajstić information content (AvgIpc) is 2.79. The van der Waals surface area contributed by atoms with Crippen molar-refractivity contribution in [1.82, 2.24) is 19.7 Å². The summed E-state index contributed by atoms with van der Waals surface area (Å²) >= 11 is 1.43. The van der Waals surface area contributed by atoms with E-state index in [9.17, 15) is 5.11 Å². The van der Waals surface area contributed by atoms with E-state index in [0.717, 1.165) is 35.0 Å². The fourth-order valence-electron chi connectivity index (χ4n) is 2.44. The second-order valence-electron chi connectivity index (χ2n) is 6.04. The number of nitrogens with zero attached hydrogens (tertiary/aromatic N) is 4. The van der Waals surface area contributed by atoms with Gasteiger partial charge in [0, 0.05) is 17.7 Å². The maximum atomic E-state index is 9.84. The summed E-state index contributed by atoms with van der Waals surface area (Å²) in [6.07, 6.45) is 1.03. The highest BCUT2D eigenvalue weighted by Crippen LogP contribution is 2.28. The van der Waals surface area contributed by atoms with Crippen molar-refractivity contribution in [3.63, 3.8) is 0 Å². The number of aliphatic hydroxyl groups is 1. The standard InChI is InChI=1S/C16H20N4OS/c1-4-9-20-12-8-6-5-7-11(12)13-14(20)17-15(19-18-13)22-10-16(2,3)21/h5-8,21H,4,9-10H2,1-3H3. The fraction of sp³-hybridized carbons (Fsp3) is 0.438. The Kier molecular flexibility index (Phi) is 4.06. The van der Waals surface area contributed by atoms with E-state index in [-0.39, 0.29) is 0 Å². The zero-order valence-corrected chi connectivity index (χ0v) is 13.9. The van der Waals surface area contributed by atoms with Gasteiger partial charge in [-0.1, -0.05) is 36.9 Å². The predicted octanol–water partition coefficient (Wildman–Crippen LogP) is 3.25. The van der Waals surface area contributed by atoms with E-state index in [1.54, 1.807) is 13.8 Å². The van der Waals surface area contributed by atoms with E-state index >= 15 is 0 Å². The molecule has 0 atom stereocenters. The van der Waals surface area contributed by atoms with Crippen LogP contribution in [0, 0.1) is 0 Å². The van der Waals surface area contributed by atoms with E-state index in [1.165, 1.54) is 11.8 Å². The molecule has 0 fully saturated rings. The molecule has 116 valence electrons. The van der Waals surface area contributed by atoms with Crippen LogP contribution in [-0.4, -0.2) is 36.2 Å². The lowest BCUT2D eigenvalue weighted by atomic mass is 10.2. The number of fused-ring (bicyclic) bond motifs is 3. The van der Waals surface area contributed by atoms with Gasteiger partial charge in [-0.05, 0) is 26.3 Å². The van der Waals surface area contributed by atoms with E-state index in [4.69, 9.17) is 0 Å². The summed E-state index contributed by atoms with van der Waals surface area (Å²) in [5.41, 5.74) is 2.11. The Balaban J connectivity index is 2.10. The highest BCUT2D eigenvalue weighted by Gasteiger charge is 2.17. The van der Waals surface area contributed by atoms with E-state index in [1.807, 2.05) is 12.1 Å². The van der Waals surface area contributed by atoms with Crippen molar-refractivity contribution in [3.05, 3.63) is 24.3 Å². The summed E-state index contributed by atoms with van der Waals surface area (Å²) in [5.74, 6) is 0.536. The van der Waals surface area contributed by atoms with Crippen molar-refractivity contribution in [3.8, 4) is 0 Å². The number of hydrogen-bond donors (Lipinski definition) is 1. The molecule has 0 aliphatic carbocycles. The molecule has 2 aromatic heterocycles. The summed E-state index contributed by atoms with van der Waals surface area (Å²) in [5, 5.41) is 20.1. The number of hydrogen-bond acceptors (Lipinski definition) is 5. The number of para-hydroxylation sites is 1. The molecule has 1 N–H and O–H groups in total. The SMILES string of the molecule is CCCn1c2ccccc2c2nnc(SCC(C)(C)O)nc21. The Morgan fingerprint density at radius 1 is 1.23 bits per heavy atom. The third kappa shape index (κ3) is 2.94. The molecule has 0 aliphatic heterocycles. The molecular weight excluding hydrogens is 296 g/mol. The summed E-state index contributed by atoms with van der Waals surface area (Å²) in [6.45, 7) is 6.61. The Morgan fingerprint density at radius 2 is 2.00 bits per heavy atom. The normalized spacial score (nSPS) is 12.4. The summed E-state index contributed by atoms with van der Waals surface area (Å²) in [4.78, 5) is 4.68. The smallest absolute Gasteiger partial charge is 0.211 e. The van der Waals surface area contributed by atoms with Gasteiger partial charge < -0.3 is 9.67 Å². The van der Waals surface area contributed by atoms with Gasteiger partial charge in [-0.3, -0.25) is 0 Å². The molecular formula is C16H20N4OS. The van der Waals surface area contributed by atoms with Gasteiger partial charge in [0.1, 0.15) is 5.52 Å². The molecule has 0 spiro atoms. The third-order valence-electron chi connectivity index (χ3n) is 3.36. The number of aromatic nitrogens is 4. The van der Waals surface area contributed by atoms with Crippen LogP contribution >= 0.6 is 11.8 Å². The van der Waals surface area contributed by atoms with Gasteiger partial charge in [0.15, 0.2) is 5.65 Å². The molecule has 0 unspecified atom stereocenters. The zero-order valence-electron chi connectivity index (χ0n) is 13.1. The van der Waals surface area contributed by atoms with Gasteiger partial charge in [-0.25, -0.2) is 4.98 Å². The monoisotopic (exact) mass is 316 g/mol. The molecule has 22 heavy (non-hydrogen) atoms. The van der Waals surface area contributed by atoms with E-state index < -0.39 is 5.60 Å². The van der Waals surface area contributed by atoms with Gasteiger partial charge in [-0.2, -0.15) is 0 Å². The van der Waals surface area contributed by atoms with Gasteiger partial charge in [0.2, 0.25) is 5.16 Å². The molecule has 0 saturated heterocycles. The van der Waals surface area contributed by atoms with Crippen molar-refractivity contribution in [2.24, 2.45) is 0 Å². The summed E-state index contributed by atoms with van der Waals surface area (Å²) in [7, 11) is 0. The molecule has 2 heterocycles. The molecule has 1 aromatic carbocycles. The van der Waals surface area contributed by atoms with Crippen LogP contribution in [0.3, 0.4) is 0 Å². The molecule has 5 nitrogen and oxygen atoms in total. The number of benzene rings is 1. The minimum absolute atomic E-state index is 0.536. The van der Waals surface area contributed by atoms with Crippen molar-refractivity contribution in [1.29, 1.82) is 0 Å². The largest absolute Gasteiger partial charge is 0.390 e. The highest BCUT2D eigenvalue weighted by atomic mass is 32.2. The van der Waals surface area contributed by atoms with Crippen LogP contribution in [0.25, 0.3) is 22.1 Å². The lowest BCUT2D eigenvalue weighted by molar-refractivity contribution is 0.107. The van der Waals surface area contributed by atoms with Crippen LogP contribution in [0.4, 0.5) is 0 Å². The van der Waals surface area contributed by atoms with Gasteiger partial charge in [-0.15, -0.1) is 10.2 Å². The minimum atomic E-state index is -0.751. The van der Waals surface area contributed by atoms with Crippen molar-refractivity contribution in [2.75, 3.05) is 5.75 Å². The first kappa shape index (κ1) is 15.2. The lowest BCUT2D eigenvalue weighted by Crippen LogP contribution is -2.21. The molecule has 0 bridgehead atoms. The van der Waals surface area contributed by atoms with Crippen LogP contribution in [0.2, 0.25) is 0 Å². The number of rotatable bonds is 5. The Labute approximate surface area is 133 Å². The Bertz CT molecular complexity index is 807. The predicted molar refractivity (Wildman–Crippen MR) is 90.1 cm³/mol. The lowest BCUT2D eigenvalue weighted by Gasteiger charge is -2.14. The van der Waals surface area contributed by atoms with Crippen LogP contribution in [0.1, 0.15) is 27.2 Å². The maximum absolute atomic E-state index is 9.84. The second kappa shape index (κ2) is 5.85. The van der Waals surface area contributed by atoms with Crippen molar-refractivity contribution < 1.29 is 5.11 Å². The highest BCUT2D eigenvalue weighted by molar-refractivity contribution is 7.99. The number of aryl methyl sites for hydroxylation is 1. The Hall–Kier alpha value is -1.66.